The van der Waals surface area contributed by atoms with Crippen LogP contribution < -0.4 is 11.1 Å². The van der Waals surface area contributed by atoms with Gasteiger partial charge in [-0.1, -0.05) is 6.07 Å². The second-order valence-corrected chi connectivity index (χ2v) is 5.30. The fourth-order valence-electron chi connectivity index (χ4n) is 2.58. The van der Waals surface area contributed by atoms with Crippen molar-refractivity contribution in [3.63, 3.8) is 0 Å². The molecule has 0 atom stereocenters. The fourth-order valence-corrected chi connectivity index (χ4v) is 2.58. The van der Waals surface area contributed by atoms with Crippen LogP contribution in [0.1, 0.15) is 12.8 Å². The van der Waals surface area contributed by atoms with Crippen molar-refractivity contribution in [1.29, 1.82) is 0 Å². The molecule has 6 heteroatoms. The summed E-state index contributed by atoms with van der Waals surface area (Å²) in [6.45, 7) is 2.20. The lowest BCUT2D eigenvalue weighted by atomic mass is 10.1. The van der Waals surface area contributed by atoms with E-state index in [4.69, 9.17) is 5.73 Å². The van der Waals surface area contributed by atoms with Gasteiger partial charge in [0, 0.05) is 24.5 Å². The highest BCUT2D eigenvalue weighted by Gasteiger charge is 2.18. The minimum absolute atomic E-state index is 0.00849. The van der Waals surface area contributed by atoms with Gasteiger partial charge in [-0.3, -0.25) is 14.8 Å². The van der Waals surface area contributed by atoms with Crippen LogP contribution in [0.4, 0.5) is 5.69 Å². The van der Waals surface area contributed by atoms with E-state index < -0.39 is 0 Å². The summed E-state index contributed by atoms with van der Waals surface area (Å²) in [5, 5.41) is 10.8. The van der Waals surface area contributed by atoms with Gasteiger partial charge in [-0.05, 0) is 25.0 Å². The summed E-state index contributed by atoms with van der Waals surface area (Å²) in [7, 11) is 0. The number of carbonyl (C=O) groups is 1. The zero-order valence-corrected chi connectivity index (χ0v) is 11.3. The van der Waals surface area contributed by atoms with Crippen LogP contribution in [0.2, 0.25) is 0 Å². The summed E-state index contributed by atoms with van der Waals surface area (Å²) < 4.78 is 0. The largest absolute Gasteiger partial charge is 0.328 e. The number of nitrogens with zero attached hydrogens (tertiary/aromatic N) is 2. The molecule has 2 aromatic rings. The highest BCUT2D eigenvalue weighted by molar-refractivity contribution is 6.01. The van der Waals surface area contributed by atoms with Crippen molar-refractivity contribution < 1.29 is 4.79 Å². The minimum atomic E-state index is 0.00849. The van der Waals surface area contributed by atoms with Gasteiger partial charge in [0.1, 0.15) is 0 Å². The molecule has 4 N–H and O–H groups in total. The number of hydrogen-bond donors (Lipinski definition) is 3. The molecule has 1 aromatic carbocycles. The Morgan fingerprint density at radius 3 is 3.05 bits per heavy atom. The lowest BCUT2D eigenvalue weighted by Crippen LogP contribution is -2.43. The number of nitrogens with two attached hydrogens (primary N) is 1. The number of anilines is 1. The first kappa shape index (κ1) is 13.1. The number of aromatic amines is 1. The average molecular weight is 273 g/mol. The Bertz CT molecular complexity index is 600. The van der Waals surface area contributed by atoms with E-state index in [1.165, 1.54) is 0 Å². The third-order valence-corrected chi connectivity index (χ3v) is 3.76. The van der Waals surface area contributed by atoms with E-state index in [0.717, 1.165) is 42.5 Å². The molecule has 0 bridgehead atoms. The number of piperidine rings is 1. The van der Waals surface area contributed by atoms with E-state index in [9.17, 15) is 4.79 Å². The first-order chi connectivity index (χ1) is 9.72. The molecule has 20 heavy (non-hydrogen) atoms. The monoisotopic (exact) mass is 273 g/mol. The van der Waals surface area contributed by atoms with Gasteiger partial charge >= 0.3 is 0 Å². The van der Waals surface area contributed by atoms with Crippen LogP contribution in [0.25, 0.3) is 10.9 Å². The third kappa shape index (κ3) is 2.81. The number of carbonyl (C=O) groups excluding carboxylic acids is 1. The van der Waals surface area contributed by atoms with Gasteiger partial charge in [0.05, 0.1) is 23.9 Å². The maximum atomic E-state index is 12.1. The zero-order valence-electron chi connectivity index (χ0n) is 11.3. The van der Waals surface area contributed by atoms with E-state index in [1.54, 1.807) is 6.20 Å². The average Bonchev–Trinajstić information content (AvgIpc) is 2.91. The molecule has 0 spiro atoms. The molecule has 1 saturated heterocycles. The Hall–Kier alpha value is -1.92. The highest BCUT2D eigenvalue weighted by atomic mass is 16.2. The molecule has 0 radical (unpaired) electrons. The fraction of sp³-hybridized carbons (Fsp3) is 0.429. The van der Waals surface area contributed by atoms with Crippen LogP contribution in [-0.4, -0.2) is 46.7 Å². The Kier molecular flexibility index (Phi) is 3.66. The molecule has 1 aliphatic rings. The molecule has 0 aliphatic carbocycles. The normalized spacial score (nSPS) is 17.4. The Morgan fingerprint density at radius 2 is 2.25 bits per heavy atom. The van der Waals surface area contributed by atoms with E-state index in [-0.39, 0.29) is 11.9 Å². The van der Waals surface area contributed by atoms with Gasteiger partial charge in [-0.15, -0.1) is 0 Å². The molecule has 2 heterocycles. The second kappa shape index (κ2) is 5.60. The Labute approximate surface area is 117 Å². The number of amides is 1. The van der Waals surface area contributed by atoms with Crippen LogP contribution in [0.15, 0.2) is 24.4 Å². The predicted molar refractivity (Wildman–Crippen MR) is 78.4 cm³/mol. The summed E-state index contributed by atoms with van der Waals surface area (Å²) in [5.41, 5.74) is 7.59. The molecule has 0 saturated carbocycles. The minimum Gasteiger partial charge on any atom is -0.328 e. The van der Waals surface area contributed by atoms with Crippen molar-refractivity contribution in [2.75, 3.05) is 25.0 Å². The molecule has 1 aliphatic heterocycles. The van der Waals surface area contributed by atoms with Crippen molar-refractivity contribution in [2.24, 2.45) is 5.73 Å². The van der Waals surface area contributed by atoms with Crippen LogP contribution in [0.5, 0.6) is 0 Å². The van der Waals surface area contributed by atoms with Crippen LogP contribution in [0.3, 0.4) is 0 Å². The van der Waals surface area contributed by atoms with Crippen molar-refractivity contribution >= 4 is 22.5 Å². The second-order valence-electron chi connectivity index (χ2n) is 5.30. The smallest absolute Gasteiger partial charge is 0.238 e. The zero-order chi connectivity index (χ0) is 13.9. The highest BCUT2D eigenvalue weighted by Crippen LogP contribution is 2.21. The SMILES string of the molecule is NC1CCN(CC(=O)Nc2cccc3[nH]ncc23)CC1. The maximum Gasteiger partial charge on any atom is 0.238 e. The molecule has 3 rings (SSSR count). The Morgan fingerprint density at radius 1 is 1.45 bits per heavy atom. The quantitative estimate of drug-likeness (QED) is 0.776. The number of likely N-dealkylation sites (tertiary alicyclic amines) is 1. The van der Waals surface area contributed by atoms with Gasteiger partial charge < -0.3 is 11.1 Å². The lowest BCUT2D eigenvalue weighted by Gasteiger charge is -2.29. The van der Waals surface area contributed by atoms with E-state index in [1.807, 2.05) is 18.2 Å². The van der Waals surface area contributed by atoms with Crippen LogP contribution >= 0.6 is 0 Å². The topological polar surface area (TPSA) is 87.0 Å². The lowest BCUT2D eigenvalue weighted by molar-refractivity contribution is -0.117. The molecule has 1 aromatic heterocycles. The number of benzene rings is 1. The van der Waals surface area contributed by atoms with E-state index in [2.05, 4.69) is 20.4 Å². The molecule has 6 nitrogen and oxygen atoms in total. The summed E-state index contributed by atoms with van der Waals surface area (Å²) in [4.78, 5) is 14.3. The molecule has 0 unspecified atom stereocenters. The Balaban J connectivity index is 1.63. The van der Waals surface area contributed by atoms with Gasteiger partial charge in [-0.2, -0.15) is 5.10 Å². The summed E-state index contributed by atoms with van der Waals surface area (Å²) in [5.74, 6) is 0.00849. The van der Waals surface area contributed by atoms with E-state index >= 15 is 0 Å². The van der Waals surface area contributed by atoms with Crippen LogP contribution in [-0.2, 0) is 4.79 Å². The summed E-state index contributed by atoms with van der Waals surface area (Å²) >= 11 is 0. The molecular formula is C14H19N5O. The van der Waals surface area contributed by atoms with Gasteiger partial charge in [0.15, 0.2) is 0 Å². The molecule has 106 valence electrons. The number of nitrogens with one attached hydrogen (secondary N) is 2. The first-order valence-corrected chi connectivity index (χ1v) is 6.92. The van der Waals surface area contributed by atoms with Crippen molar-refractivity contribution in [2.45, 2.75) is 18.9 Å². The number of hydrogen-bond acceptors (Lipinski definition) is 4. The number of H-pyrrole nitrogens is 1. The number of rotatable bonds is 3. The maximum absolute atomic E-state index is 12.1. The van der Waals surface area contributed by atoms with Crippen molar-refractivity contribution in [1.82, 2.24) is 15.1 Å². The summed E-state index contributed by atoms with van der Waals surface area (Å²) in [6.07, 6.45) is 3.65. The predicted octanol–water partition coefficient (Wildman–Crippen LogP) is 0.924. The van der Waals surface area contributed by atoms with Gasteiger partial charge in [0.2, 0.25) is 5.91 Å². The van der Waals surface area contributed by atoms with Crippen molar-refractivity contribution in [3.05, 3.63) is 24.4 Å². The van der Waals surface area contributed by atoms with Crippen LogP contribution in [0, 0.1) is 0 Å². The van der Waals surface area contributed by atoms with E-state index in [0.29, 0.717) is 6.54 Å². The van der Waals surface area contributed by atoms with Crippen molar-refractivity contribution in [3.8, 4) is 0 Å². The third-order valence-electron chi connectivity index (χ3n) is 3.76. The number of aromatic nitrogens is 2. The first-order valence-electron chi connectivity index (χ1n) is 6.92. The summed E-state index contributed by atoms with van der Waals surface area (Å²) in [6, 6.07) is 6.01. The van der Waals surface area contributed by atoms with Gasteiger partial charge in [-0.25, -0.2) is 0 Å². The molecule has 1 fully saturated rings. The number of fused-ring (bicyclic) bond motifs is 1. The standard InChI is InChI=1S/C14H19N5O/c15-10-4-6-19(7-5-10)9-14(20)17-12-2-1-3-13-11(12)8-16-18-13/h1-3,8,10H,4-7,9,15H2,(H,16,18)(H,17,20). The molecular weight excluding hydrogens is 254 g/mol. The molecule has 1 amide bonds. The van der Waals surface area contributed by atoms with Gasteiger partial charge in [0.25, 0.3) is 0 Å².